The zero-order chi connectivity index (χ0) is 15.5. The number of methoxy groups -OCH3 is 1. The first kappa shape index (κ1) is 15.8. The fourth-order valence-electron chi connectivity index (χ4n) is 1.76. The van der Waals surface area contributed by atoms with Crippen molar-refractivity contribution in [3.63, 3.8) is 0 Å². The van der Waals surface area contributed by atoms with Gasteiger partial charge in [-0.1, -0.05) is 12.1 Å². The van der Waals surface area contributed by atoms with Crippen molar-refractivity contribution < 1.29 is 13.2 Å². The van der Waals surface area contributed by atoms with Gasteiger partial charge in [0.2, 0.25) is 10.0 Å². The van der Waals surface area contributed by atoms with Crippen molar-refractivity contribution in [1.29, 1.82) is 0 Å². The molecule has 112 valence electrons. The smallest absolute Gasteiger partial charge is 0.238 e. The minimum Gasteiger partial charge on any atom is -0.497 e. The van der Waals surface area contributed by atoms with Gasteiger partial charge in [-0.05, 0) is 51.8 Å². The van der Waals surface area contributed by atoms with E-state index in [2.05, 4.69) is 21.2 Å². The molecule has 2 aromatic rings. The Morgan fingerprint density at radius 3 is 2.38 bits per heavy atom. The molecule has 5 nitrogen and oxygen atoms in total. The van der Waals surface area contributed by atoms with Gasteiger partial charge in [-0.3, -0.25) is 0 Å². The Labute approximate surface area is 132 Å². The molecule has 0 spiro atoms. The topological polar surface area (TPSA) is 81.4 Å². The van der Waals surface area contributed by atoms with E-state index >= 15 is 0 Å². The van der Waals surface area contributed by atoms with Crippen LogP contribution in [0.25, 0.3) is 0 Å². The number of primary sulfonamides is 1. The van der Waals surface area contributed by atoms with E-state index in [-0.39, 0.29) is 4.90 Å². The molecule has 0 unspecified atom stereocenters. The van der Waals surface area contributed by atoms with Crippen molar-refractivity contribution in [2.75, 3.05) is 12.4 Å². The van der Waals surface area contributed by atoms with Gasteiger partial charge in [-0.15, -0.1) is 0 Å². The molecule has 0 amide bonds. The number of nitrogens with two attached hydrogens (primary N) is 1. The third-order valence-electron chi connectivity index (χ3n) is 2.91. The van der Waals surface area contributed by atoms with Gasteiger partial charge in [-0.25, -0.2) is 13.6 Å². The van der Waals surface area contributed by atoms with Crippen molar-refractivity contribution in [2.45, 2.75) is 11.4 Å². The maximum absolute atomic E-state index is 11.3. The quantitative estimate of drug-likeness (QED) is 0.847. The Morgan fingerprint density at radius 1 is 1.19 bits per heavy atom. The summed E-state index contributed by atoms with van der Waals surface area (Å²) in [5.74, 6) is 0.803. The van der Waals surface area contributed by atoms with Gasteiger partial charge in [0.1, 0.15) is 5.75 Å². The molecule has 0 saturated carbocycles. The molecule has 2 aromatic carbocycles. The number of ether oxygens (including phenoxy) is 1. The van der Waals surface area contributed by atoms with E-state index in [9.17, 15) is 8.42 Å². The number of halogens is 1. The standard InChI is InChI=1S/C14H15BrN2O3S/c1-20-11-4-2-10(3-5-11)9-17-14-7-6-12(8-13(14)15)21(16,18)19/h2-8,17H,9H2,1H3,(H2,16,18,19). The van der Waals surface area contributed by atoms with Crippen LogP contribution in [0.5, 0.6) is 5.75 Å². The van der Waals surface area contributed by atoms with Gasteiger partial charge in [0, 0.05) is 16.7 Å². The lowest BCUT2D eigenvalue weighted by Crippen LogP contribution is -2.12. The van der Waals surface area contributed by atoms with E-state index in [4.69, 9.17) is 9.88 Å². The van der Waals surface area contributed by atoms with Crippen LogP contribution in [0, 0.1) is 0 Å². The lowest BCUT2D eigenvalue weighted by Gasteiger charge is -2.10. The Balaban J connectivity index is 2.09. The van der Waals surface area contributed by atoms with Crippen molar-refractivity contribution in [3.05, 3.63) is 52.5 Å². The maximum Gasteiger partial charge on any atom is 0.238 e. The second-order valence-corrected chi connectivity index (χ2v) is 6.80. The molecule has 0 fully saturated rings. The predicted octanol–water partition coefficient (Wildman–Crippen LogP) is 2.72. The summed E-state index contributed by atoms with van der Waals surface area (Å²) in [7, 11) is -2.07. The molecule has 21 heavy (non-hydrogen) atoms. The SMILES string of the molecule is COc1ccc(CNc2ccc(S(N)(=O)=O)cc2Br)cc1. The van der Waals surface area contributed by atoms with Crippen LogP contribution in [-0.2, 0) is 16.6 Å². The number of rotatable bonds is 5. The largest absolute Gasteiger partial charge is 0.497 e. The van der Waals surface area contributed by atoms with Crippen LogP contribution in [0.2, 0.25) is 0 Å². The first-order valence-electron chi connectivity index (χ1n) is 6.09. The summed E-state index contributed by atoms with van der Waals surface area (Å²) in [5.41, 5.74) is 1.87. The monoisotopic (exact) mass is 370 g/mol. The normalized spacial score (nSPS) is 11.2. The molecule has 0 radical (unpaired) electrons. The molecule has 0 aromatic heterocycles. The molecule has 0 saturated heterocycles. The summed E-state index contributed by atoms with van der Waals surface area (Å²) in [6.07, 6.45) is 0. The van der Waals surface area contributed by atoms with E-state index in [0.717, 1.165) is 17.0 Å². The van der Waals surface area contributed by atoms with Crippen molar-refractivity contribution in [3.8, 4) is 5.75 Å². The number of benzene rings is 2. The highest BCUT2D eigenvalue weighted by molar-refractivity contribution is 9.10. The molecule has 0 heterocycles. The van der Waals surface area contributed by atoms with E-state index in [0.29, 0.717) is 11.0 Å². The summed E-state index contributed by atoms with van der Waals surface area (Å²) in [4.78, 5) is 0.0735. The van der Waals surface area contributed by atoms with Gasteiger partial charge < -0.3 is 10.1 Å². The number of nitrogens with one attached hydrogen (secondary N) is 1. The van der Waals surface area contributed by atoms with Crippen LogP contribution in [0.15, 0.2) is 51.8 Å². The molecular weight excluding hydrogens is 356 g/mol. The maximum atomic E-state index is 11.3. The fraction of sp³-hybridized carbons (Fsp3) is 0.143. The molecule has 3 N–H and O–H groups in total. The summed E-state index contributed by atoms with van der Waals surface area (Å²) in [5, 5.41) is 8.31. The molecule has 2 rings (SSSR count). The van der Waals surface area contributed by atoms with Crippen LogP contribution < -0.4 is 15.2 Å². The minimum absolute atomic E-state index is 0.0735. The highest BCUT2D eigenvalue weighted by Crippen LogP contribution is 2.26. The zero-order valence-electron chi connectivity index (χ0n) is 11.3. The third-order valence-corrected chi connectivity index (χ3v) is 4.48. The average Bonchev–Trinajstić information content (AvgIpc) is 2.45. The first-order chi connectivity index (χ1) is 9.90. The van der Waals surface area contributed by atoms with E-state index in [1.807, 2.05) is 24.3 Å². The summed E-state index contributed by atoms with van der Waals surface area (Å²) < 4.78 is 28.3. The Kier molecular flexibility index (Phi) is 4.87. The lowest BCUT2D eigenvalue weighted by molar-refractivity contribution is 0.414. The van der Waals surface area contributed by atoms with Gasteiger partial charge in [0.15, 0.2) is 0 Å². The van der Waals surface area contributed by atoms with E-state index in [1.54, 1.807) is 13.2 Å². The number of anilines is 1. The highest BCUT2D eigenvalue weighted by atomic mass is 79.9. The molecule has 0 atom stereocenters. The van der Waals surface area contributed by atoms with Crippen LogP contribution in [0.1, 0.15) is 5.56 Å². The lowest BCUT2D eigenvalue weighted by atomic mass is 10.2. The molecular formula is C14H15BrN2O3S. The molecule has 7 heteroatoms. The van der Waals surface area contributed by atoms with Crippen LogP contribution in [-0.4, -0.2) is 15.5 Å². The van der Waals surface area contributed by atoms with Crippen molar-refractivity contribution in [2.24, 2.45) is 5.14 Å². The summed E-state index contributed by atoms with van der Waals surface area (Å²) in [6.45, 7) is 0.608. The van der Waals surface area contributed by atoms with Gasteiger partial charge in [0.05, 0.1) is 12.0 Å². The molecule has 0 aliphatic carbocycles. The first-order valence-corrected chi connectivity index (χ1v) is 8.43. The fourth-order valence-corrected chi connectivity index (χ4v) is 2.97. The van der Waals surface area contributed by atoms with Gasteiger partial charge >= 0.3 is 0 Å². The minimum atomic E-state index is -3.69. The van der Waals surface area contributed by atoms with Crippen molar-refractivity contribution in [1.82, 2.24) is 0 Å². The van der Waals surface area contributed by atoms with E-state index < -0.39 is 10.0 Å². The number of sulfonamides is 1. The predicted molar refractivity (Wildman–Crippen MR) is 85.8 cm³/mol. The second kappa shape index (κ2) is 6.46. The van der Waals surface area contributed by atoms with Crippen LogP contribution >= 0.6 is 15.9 Å². The van der Waals surface area contributed by atoms with Crippen molar-refractivity contribution >= 4 is 31.6 Å². The third kappa shape index (κ3) is 4.20. The summed E-state index contributed by atoms with van der Waals surface area (Å²) >= 11 is 3.33. The van der Waals surface area contributed by atoms with Crippen LogP contribution in [0.3, 0.4) is 0 Å². The zero-order valence-corrected chi connectivity index (χ0v) is 13.7. The number of hydrogen-bond acceptors (Lipinski definition) is 4. The molecule has 0 bridgehead atoms. The summed E-state index contributed by atoms with van der Waals surface area (Å²) in [6, 6.07) is 12.3. The Morgan fingerprint density at radius 2 is 1.86 bits per heavy atom. The Hall–Kier alpha value is -1.57. The molecule has 0 aliphatic rings. The van der Waals surface area contributed by atoms with Gasteiger partial charge in [0.25, 0.3) is 0 Å². The average molecular weight is 371 g/mol. The van der Waals surface area contributed by atoms with E-state index in [1.165, 1.54) is 12.1 Å². The Bertz CT molecular complexity index is 730. The second-order valence-electron chi connectivity index (χ2n) is 4.39. The molecule has 0 aliphatic heterocycles. The highest BCUT2D eigenvalue weighted by Gasteiger charge is 2.10. The number of hydrogen-bond donors (Lipinski definition) is 2. The van der Waals surface area contributed by atoms with Gasteiger partial charge in [-0.2, -0.15) is 0 Å². The van der Waals surface area contributed by atoms with Crippen LogP contribution in [0.4, 0.5) is 5.69 Å².